The Morgan fingerprint density at radius 3 is 2.29 bits per heavy atom. The lowest BCUT2D eigenvalue weighted by molar-refractivity contribution is 0.102. The van der Waals surface area contributed by atoms with Gasteiger partial charge >= 0.3 is 0 Å². The van der Waals surface area contributed by atoms with Crippen LogP contribution in [0.3, 0.4) is 0 Å². The highest BCUT2D eigenvalue weighted by atomic mass is 16.1. The third-order valence-electron chi connectivity index (χ3n) is 3.93. The predicted molar refractivity (Wildman–Crippen MR) is 96.6 cm³/mol. The fourth-order valence-electron chi connectivity index (χ4n) is 2.71. The van der Waals surface area contributed by atoms with Crippen LogP contribution in [-0.2, 0) is 0 Å². The van der Waals surface area contributed by atoms with Crippen LogP contribution in [0.15, 0.2) is 36.7 Å². The number of hydrogen-bond donors (Lipinski definition) is 2. The second-order valence-corrected chi connectivity index (χ2v) is 6.29. The molecule has 2 N–H and O–H groups in total. The Balaban J connectivity index is 1.61. The standard InChI is InChI=1S/C18H23N5O/c1-13(2)21-18-19-11-14(12-20-18)17(24)22-15-5-7-16(8-6-15)23-9-3-4-10-23/h5-8,11-13H,3-4,9-10H2,1-2H3,(H,22,24)(H,19,20,21). The summed E-state index contributed by atoms with van der Waals surface area (Å²) in [7, 11) is 0. The van der Waals surface area contributed by atoms with Crippen LogP contribution in [0.1, 0.15) is 37.0 Å². The SMILES string of the molecule is CC(C)Nc1ncc(C(=O)Nc2ccc(N3CCCC3)cc2)cn1. The van der Waals surface area contributed by atoms with Gasteiger partial charge in [0, 0.05) is 42.9 Å². The lowest BCUT2D eigenvalue weighted by atomic mass is 10.2. The van der Waals surface area contributed by atoms with E-state index in [9.17, 15) is 4.79 Å². The molecule has 0 bridgehead atoms. The molecule has 0 atom stereocenters. The van der Waals surface area contributed by atoms with Crippen molar-refractivity contribution in [2.24, 2.45) is 0 Å². The van der Waals surface area contributed by atoms with E-state index in [1.165, 1.54) is 30.9 Å². The molecule has 1 fully saturated rings. The number of nitrogens with zero attached hydrogens (tertiary/aromatic N) is 3. The summed E-state index contributed by atoms with van der Waals surface area (Å²) in [6.45, 7) is 6.24. The van der Waals surface area contributed by atoms with Crippen molar-refractivity contribution < 1.29 is 4.79 Å². The molecule has 6 nitrogen and oxygen atoms in total. The minimum Gasteiger partial charge on any atom is -0.372 e. The number of aromatic nitrogens is 2. The maximum absolute atomic E-state index is 12.3. The summed E-state index contributed by atoms with van der Waals surface area (Å²) in [6.07, 6.45) is 5.57. The van der Waals surface area contributed by atoms with Gasteiger partial charge in [-0.3, -0.25) is 4.79 Å². The molecule has 126 valence electrons. The highest BCUT2D eigenvalue weighted by Crippen LogP contribution is 2.22. The molecule has 6 heteroatoms. The smallest absolute Gasteiger partial charge is 0.258 e. The summed E-state index contributed by atoms with van der Waals surface area (Å²) < 4.78 is 0. The van der Waals surface area contributed by atoms with Gasteiger partial charge in [0.25, 0.3) is 5.91 Å². The van der Waals surface area contributed by atoms with E-state index in [1.54, 1.807) is 0 Å². The molecule has 0 unspecified atom stereocenters. The van der Waals surface area contributed by atoms with Crippen molar-refractivity contribution >= 4 is 23.2 Å². The summed E-state index contributed by atoms with van der Waals surface area (Å²) >= 11 is 0. The monoisotopic (exact) mass is 325 g/mol. The lowest BCUT2D eigenvalue weighted by Gasteiger charge is -2.17. The van der Waals surface area contributed by atoms with Crippen molar-refractivity contribution in [3.05, 3.63) is 42.2 Å². The number of rotatable bonds is 5. The minimum absolute atomic E-state index is 0.208. The van der Waals surface area contributed by atoms with Crippen LogP contribution in [-0.4, -0.2) is 35.0 Å². The maximum atomic E-state index is 12.3. The van der Waals surface area contributed by atoms with Gasteiger partial charge in [-0.2, -0.15) is 0 Å². The molecule has 3 rings (SSSR count). The maximum Gasteiger partial charge on any atom is 0.258 e. The first-order valence-corrected chi connectivity index (χ1v) is 8.37. The Labute approximate surface area is 142 Å². The van der Waals surface area contributed by atoms with Crippen LogP contribution in [0, 0.1) is 0 Å². The Morgan fingerprint density at radius 2 is 1.71 bits per heavy atom. The average molecular weight is 325 g/mol. The minimum atomic E-state index is -0.208. The predicted octanol–water partition coefficient (Wildman–Crippen LogP) is 3.15. The van der Waals surface area contributed by atoms with E-state index >= 15 is 0 Å². The Morgan fingerprint density at radius 1 is 1.08 bits per heavy atom. The third kappa shape index (κ3) is 4.01. The van der Waals surface area contributed by atoms with Crippen molar-refractivity contribution in [2.75, 3.05) is 28.6 Å². The molecule has 2 heterocycles. The number of amides is 1. The molecule has 2 aromatic rings. The zero-order valence-corrected chi connectivity index (χ0v) is 14.1. The number of anilines is 3. The fraction of sp³-hybridized carbons (Fsp3) is 0.389. The molecule has 1 saturated heterocycles. The van der Waals surface area contributed by atoms with Crippen LogP contribution in [0.5, 0.6) is 0 Å². The van der Waals surface area contributed by atoms with E-state index in [0.29, 0.717) is 11.5 Å². The van der Waals surface area contributed by atoms with Gasteiger partial charge in [-0.05, 0) is 51.0 Å². The van der Waals surface area contributed by atoms with Crippen LogP contribution in [0.25, 0.3) is 0 Å². The summed E-state index contributed by atoms with van der Waals surface area (Å²) in [5.74, 6) is 0.316. The molecule has 24 heavy (non-hydrogen) atoms. The first-order valence-electron chi connectivity index (χ1n) is 8.37. The van der Waals surface area contributed by atoms with Gasteiger partial charge in [0.1, 0.15) is 0 Å². The first kappa shape index (κ1) is 16.2. The van der Waals surface area contributed by atoms with E-state index in [2.05, 4.69) is 25.5 Å². The molecule has 0 aliphatic carbocycles. The number of hydrogen-bond acceptors (Lipinski definition) is 5. The van der Waals surface area contributed by atoms with E-state index in [1.807, 2.05) is 38.1 Å². The van der Waals surface area contributed by atoms with Crippen molar-refractivity contribution in [1.82, 2.24) is 9.97 Å². The largest absolute Gasteiger partial charge is 0.372 e. The summed E-state index contributed by atoms with van der Waals surface area (Å²) in [6, 6.07) is 8.21. The van der Waals surface area contributed by atoms with Crippen molar-refractivity contribution in [3.8, 4) is 0 Å². The number of carbonyl (C=O) groups is 1. The zero-order valence-electron chi connectivity index (χ0n) is 14.1. The topological polar surface area (TPSA) is 70.2 Å². The zero-order chi connectivity index (χ0) is 16.9. The van der Waals surface area contributed by atoms with E-state index in [4.69, 9.17) is 0 Å². The summed E-state index contributed by atoms with van der Waals surface area (Å²) in [5, 5.41) is 5.97. The van der Waals surface area contributed by atoms with Crippen LogP contribution in [0.4, 0.5) is 17.3 Å². The van der Waals surface area contributed by atoms with Crippen molar-refractivity contribution in [3.63, 3.8) is 0 Å². The number of benzene rings is 1. The van der Waals surface area contributed by atoms with Crippen molar-refractivity contribution in [1.29, 1.82) is 0 Å². The van der Waals surface area contributed by atoms with Gasteiger partial charge in [0.2, 0.25) is 5.95 Å². The molecule has 1 aliphatic rings. The van der Waals surface area contributed by atoms with E-state index < -0.39 is 0 Å². The number of carbonyl (C=O) groups excluding carboxylic acids is 1. The Kier molecular flexibility index (Phi) is 4.93. The molecule has 0 radical (unpaired) electrons. The Bertz CT molecular complexity index is 676. The van der Waals surface area contributed by atoms with E-state index in [-0.39, 0.29) is 11.9 Å². The highest BCUT2D eigenvalue weighted by molar-refractivity contribution is 6.03. The van der Waals surface area contributed by atoms with Gasteiger partial charge in [-0.1, -0.05) is 0 Å². The normalized spacial score (nSPS) is 14.0. The van der Waals surface area contributed by atoms with E-state index in [0.717, 1.165) is 18.8 Å². The third-order valence-corrected chi connectivity index (χ3v) is 3.93. The number of nitrogens with one attached hydrogen (secondary N) is 2. The molecule has 1 aromatic carbocycles. The molecule has 1 amide bonds. The first-order chi connectivity index (χ1) is 11.6. The van der Waals surface area contributed by atoms with Crippen molar-refractivity contribution in [2.45, 2.75) is 32.7 Å². The van der Waals surface area contributed by atoms with Crippen LogP contribution < -0.4 is 15.5 Å². The highest BCUT2D eigenvalue weighted by Gasteiger charge is 2.12. The fourth-order valence-corrected chi connectivity index (χ4v) is 2.71. The average Bonchev–Trinajstić information content (AvgIpc) is 3.10. The van der Waals surface area contributed by atoms with Gasteiger partial charge in [0.05, 0.1) is 5.56 Å². The van der Waals surface area contributed by atoms with Gasteiger partial charge in [-0.15, -0.1) is 0 Å². The summed E-state index contributed by atoms with van der Waals surface area (Å²) in [4.78, 5) is 22.9. The quantitative estimate of drug-likeness (QED) is 0.884. The Hall–Kier alpha value is -2.63. The molecule has 0 saturated carbocycles. The molecule has 1 aliphatic heterocycles. The van der Waals surface area contributed by atoms with Crippen LogP contribution >= 0.6 is 0 Å². The van der Waals surface area contributed by atoms with Gasteiger partial charge < -0.3 is 15.5 Å². The second kappa shape index (κ2) is 7.29. The molecule has 1 aromatic heterocycles. The molecular weight excluding hydrogens is 302 g/mol. The molecular formula is C18H23N5O. The second-order valence-electron chi connectivity index (χ2n) is 6.29. The van der Waals surface area contributed by atoms with Gasteiger partial charge in [0.15, 0.2) is 0 Å². The van der Waals surface area contributed by atoms with Crippen LogP contribution in [0.2, 0.25) is 0 Å². The lowest BCUT2D eigenvalue weighted by Crippen LogP contribution is -2.18. The molecule has 0 spiro atoms. The van der Waals surface area contributed by atoms with Gasteiger partial charge in [-0.25, -0.2) is 9.97 Å². The summed E-state index contributed by atoms with van der Waals surface area (Å²) in [5.41, 5.74) is 2.41.